The predicted molar refractivity (Wildman–Crippen MR) is 102 cm³/mol. The second-order valence-electron chi connectivity index (χ2n) is 8.31. The summed E-state index contributed by atoms with van der Waals surface area (Å²) in [5.41, 5.74) is -0.361. The van der Waals surface area contributed by atoms with Crippen molar-refractivity contribution in [3.63, 3.8) is 0 Å². The molecule has 0 spiro atoms. The molecule has 0 atom stereocenters. The second-order valence-corrected chi connectivity index (χ2v) is 8.31. The van der Waals surface area contributed by atoms with Crippen LogP contribution in [-0.2, 0) is 4.79 Å². The fourth-order valence-electron chi connectivity index (χ4n) is 3.07. The average Bonchev–Trinajstić information content (AvgIpc) is 3.45. The lowest BCUT2D eigenvalue weighted by molar-refractivity contribution is -0.139. The Balaban J connectivity index is 1.45. The van der Waals surface area contributed by atoms with Crippen LogP contribution in [0.15, 0.2) is 12.1 Å². The molecular formula is C19H29N5O3. The first kappa shape index (κ1) is 19.4. The number of hydrogen-bond acceptors (Lipinski definition) is 6. The molecular weight excluding hydrogens is 346 g/mol. The molecule has 1 aromatic rings. The van der Waals surface area contributed by atoms with Crippen LogP contribution in [0, 0.1) is 11.3 Å². The molecule has 2 heterocycles. The van der Waals surface area contributed by atoms with E-state index in [1.165, 1.54) is 12.8 Å². The minimum atomic E-state index is -0.494. The number of anilines is 1. The largest absolute Gasteiger partial charge is 0.413 e. The summed E-state index contributed by atoms with van der Waals surface area (Å²) in [6.07, 6.45) is 3.04. The van der Waals surface area contributed by atoms with E-state index in [1.54, 1.807) is 12.1 Å². The Bertz CT molecular complexity index is 659. The van der Waals surface area contributed by atoms with Gasteiger partial charge in [-0.3, -0.25) is 4.79 Å². The maximum Gasteiger partial charge on any atom is 0.413 e. The van der Waals surface area contributed by atoms with Crippen molar-refractivity contribution in [2.75, 3.05) is 37.6 Å². The van der Waals surface area contributed by atoms with Crippen molar-refractivity contribution in [3.8, 4) is 5.88 Å². The zero-order valence-corrected chi connectivity index (χ0v) is 16.4. The zero-order chi connectivity index (χ0) is 19.4. The number of amides is 2. The van der Waals surface area contributed by atoms with Crippen LogP contribution in [-0.4, -0.2) is 59.8 Å². The molecule has 0 unspecified atom stereocenters. The lowest BCUT2D eigenvalue weighted by atomic mass is 9.94. The van der Waals surface area contributed by atoms with Gasteiger partial charge >= 0.3 is 6.09 Å². The first-order valence-electron chi connectivity index (χ1n) is 9.66. The van der Waals surface area contributed by atoms with Crippen LogP contribution in [0.1, 0.15) is 40.0 Å². The van der Waals surface area contributed by atoms with E-state index in [2.05, 4.69) is 20.4 Å². The summed E-state index contributed by atoms with van der Waals surface area (Å²) in [7, 11) is 0. The monoisotopic (exact) mass is 375 g/mol. The second kappa shape index (κ2) is 8.10. The van der Waals surface area contributed by atoms with Gasteiger partial charge < -0.3 is 19.9 Å². The van der Waals surface area contributed by atoms with Gasteiger partial charge in [-0.25, -0.2) is 4.79 Å². The summed E-state index contributed by atoms with van der Waals surface area (Å²) in [6.45, 7) is 9.19. The van der Waals surface area contributed by atoms with E-state index in [-0.39, 0.29) is 17.2 Å². The number of hydrogen-bond donors (Lipinski definition) is 1. The molecule has 2 fully saturated rings. The van der Waals surface area contributed by atoms with Crippen LogP contribution in [0.4, 0.5) is 10.6 Å². The highest BCUT2D eigenvalue weighted by Gasteiger charge is 2.30. The van der Waals surface area contributed by atoms with E-state index in [9.17, 15) is 9.59 Å². The van der Waals surface area contributed by atoms with Gasteiger partial charge in [-0.15, -0.1) is 10.2 Å². The van der Waals surface area contributed by atoms with E-state index in [0.717, 1.165) is 18.2 Å². The van der Waals surface area contributed by atoms with Gasteiger partial charge in [0.1, 0.15) is 0 Å². The number of ether oxygens (including phenoxy) is 1. The Labute approximate surface area is 160 Å². The van der Waals surface area contributed by atoms with Crippen LogP contribution in [0.2, 0.25) is 0 Å². The third-order valence-electron chi connectivity index (χ3n) is 4.87. The highest BCUT2D eigenvalue weighted by atomic mass is 16.6. The van der Waals surface area contributed by atoms with Crippen LogP contribution < -0.4 is 15.0 Å². The average molecular weight is 375 g/mol. The molecule has 1 saturated heterocycles. The van der Waals surface area contributed by atoms with Gasteiger partial charge in [0.2, 0.25) is 11.8 Å². The topological polar surface area (TPSA) is 87.7 Å². The summed E-state index contributed by atoms with van der Waals surface area (Å²) in [5, 5.41) is 10.9. The van der Waals surface area contributed by atoms with Crippen LogP contribution in [0.5, 0.6) is 5.88 Å². The fourth-order valence-corrected chi connectivity index (χ4v) is 3.07. The molecule has 0 bridgehead atoms. The highest BCUT2D eigenvalue weighted by molar-refractivity contribution is 5.81. The smallest absolute Gasteiger partial charge is 0.390 e. The zero-order valence-electron chi connectivity index (χ0n) is 16.4. The molecule has 1 N–H and O–H groups in total. The van der Waals surface area contributed by atoms with Gasteiger partial charge in [0.15, 0.2) is 5.82 Å². The molecule has 8 heteroatoms. The van der Waals surface area contributed by atoms with Crippen molar-refractivity contribution in [1.82, 2.24) is 20.4 Å². The Morgan fingerprint density at radius 1 is 1.15 bits per heavy atom. The lowest BCUT2D eigenvalue weighted by Crippen LogP contribution is -2.51. The number of carbonyl (C=O) groups excluding carboxylic acids is 2. The Morgan fingerprint density at radius 3 is 2.41 bits per heavy atom. The number of nitrogens with one attached hydrogen (secondary N) is 1. The van der Waals surface area contributed by atoms with Crippen LogP contribution in [0.25, 0.3) is 0 Å². The third kappa shape index (κ3) is 5.55. The van der Waals surface area contributed by atoms with Gasteiger partial charge in [-0.2, -0.15) is 0 Å². The first-order valence-corrected chi connectivity index (χ1v) is 9.66. The minimum absolute atomic E-state index is 0.171. The van der Waals surface area contributed by atoms with Gasteiger partial charge in [-0.1, -0.05) is 33.6 Å². The summed E-state index contributed by atoms with van der Waals surface area (Å²) in [4.78, 5) is 28.1. The molecule has 2 amide bonds. The summed E-state index contributed by atoms with van der Waals surface area (Å²) in [5.74, 6) is 1.84. The van der Waals surface area contributed by atoms with E-state index in [4.69, 9.17) is 4.74 Å². The molecule has 1 aromatic heterocycles. The van der Waals surface area contributed by atoms with E-state index < -0.39 is 6.09 Å². The maximum absolute atomic E-state index is 12.4. The molecule has 0 aromatic carbocycles. The van der Waals surface area contributed by atoms with E-state index >= 15 is 0 Å². The molecule has 1 aliphatic heterocycles. The van der Waals surface area contributed by atoms with Crippen molar-refractivity contribution >= 4 is 17.8 Å². The van der Waals surface area contributed by atoms with Crippen LogP contribution >= 0.6 is 0 Å². The molecule has 2 aliphatic rings. The number of aromatic nitrogens is 2. The van der Waals surface area contributed by atoms with Crippen molar-refractivity contribution in [2.24, 2.45) is 11.3 Å². The minimum Gasteiger partial charge on any atom is -0.390 e. The molecule has 27 heavy (non-hydrogen) atoms. The summed E-state index contributed by atoms with van der Waals surface area (Å²) < 4.78 is 5.15. The lowest BCUT2D eigenvalue weighted by Gasteiger charge is -2.37. The van der Waals surface area contributed by atoms with Gasteiger partial charge in [-0.05, 0) is 18.4 Å². The molecule has 8 nitrogen and oxygen atoms in total. The van der Waals surface area contributed by atoms with Gasteiger partial charge in [0.25, 0.3) is 0 Å². The SMILES string of the molecule is CC(C)(C)C(=O)N1CCN(c2ccc(OC(=O)NCCC3CC3)nn2)CC1. The molecule has 1 saturated carbocycles. The molecule has 148 valence electrons. The van der Waals surface area contributed by atoms with Crippen molar-refractivity contribution in [3.05, 3.63) is 12.1 Å². The normalized spacial score (nSPS) is 17.6. The number of rotatable bonds is 5. The number of nitrogens with zero attached hydrogens (tertiary/aromatic N) is 4. The predicted octanol–water partition coefficient (Wildman–Crippen LogP) is 2.06. The van der Waals surface area contributed by atoms with E-state index in [0.29, 0.717) is 32.7 Å². The van der Waals surface area contributed by atoms with E-state index in [1.807, 2.05) is 25.7 Å². The van der Waals surface area contributed by atoms with Crippen molar-refractivity contribution < 1.29 is 14.3 Å². The first-order chi connectivity index (χ1) is 12.8. The number of piperazine rings is 1. The Hall–Kier alpha value is -2.38. The van der Waals surface area contributed by atoms with Crippen LogP contribution in [0.3, 0.4) is 0 Å². The molecule has 3 rings (SSSR count). The molecule has 1 aliphatic carbocycles. The Morgan fingerprint density at radius 2 is 1.85 bits per heavy atom. The standard InChI is InChI=1S/C19H29N5O3/c1-19(2,3)17(25)24-12-10-23(11-13-24)15-6-7-16(22-21-15)27-18(26)20-9-8-14-4-5-14/h6-7,14H,4-5,8-13H2,1-3H3,(H,20,26). The fraction of sp³-hybridized carbons (Fsp3) is 0.684. The Kier molecular flexibility index (Phi) is 5.82. The maximum atomic E-state index is 12.4. The van der Waals surface area contributed by atoms with Gasteiger partial charge in [0.05, 0.1) is 0 Å². The van der Waals surface area contributed by atoms with Gasteiger partial charge in [0, 0.05) is 44.2 Å². The molecule has 0 radical (unpaired) electrons. The quantitative estimate of drug-likeness (QED) is 0.848. The van der Waals surface area contributed by atoms with Crippen molar-refractivity contribution in [2.45, 2.75) is 40.0 Å². The summed E-state index contributed by atoms with van der Waals surface area (Å²) in [6, 6.07) is 3.44. The number of carbonyl (C=O) groups is 2. The van der Waals surface area contributed by atoms with Crippen molar-refractivity contribution in [1.29, 1.82) is 0 Å². The summed E-state index contributed by atoms with van der Waals surface area (Å²) >= 11 is 0. The third-order valence-corrected chi connectivity index (χ3v) is 4.87. The highest BCUT2D eigenvalue weighted by Crippen LogP contribution is 2.31.